The molecule has 0 aliphatic heterocycles. The van der Waals surface area contributed by atoms with Crippen LogP contribution in [0.5, 0.6) is 0 Å². The van der Waals surface area contributed by atoms with E-state index < -0.39 is 0 Å². The maximum absolute atomic E-state index is 9.08. The Morgan fingerprint density at radius 1 is 1.07 bits per heavy atom. The van der Waals surface area contributed by atoms with Gasteiger partial charge in [-0.3, -0.25) is 0 Å². The zero-order valence-corrected chi connectivity index (χ0v) is 15.9. The fourth-order valence-electron chi connectivity index (χ4n) is 4.07. The number of nitriles is 1. The molecule has 4 rings (SSSR count). The van der Waals surface area contributed by atoms with E-state index in [1.165, 1.54) is 22.5 Å². The van der Waals surface area contributed by atoms with Gasteiger partial charge in [0.2, 0.25) is 0 Å². The van der Waals surface area contributed by atoms with Gasteiger partial charge in [0.25, 0.3) is 0 Å². The molecule has 2 aromatic rings. The third-order valence-electron chi connectivity index (χ3n) is 5.85. The average Bonchev–Trinajstić information content (AvgIpc) is 3.14. The first-order valence-electron chi connectivity index (χ1n) is 9.87. The molecule has 4 heteroatoms. The molecule has 0 unspecified atom stereocenters. The SMILES string of the molecule is CC1=CC=C(c2cc(C3CCC(N)CC3)nn2-c2ccc(C#N)cc2)CC1. The van der Waals surface area contributed by atoms with E-state index in [-0.39, 0.29) is 0 Å². The van der Waals surface area contributed by atoms with Crippen molar-refractivity contribution in [1.29, 1.82) is 5.26 Å². The van der Waals surface area contributed by atoms with E-state index in [1.807, 2.05) is 24.3 Å². The summed E-state index contributed by atoms with van der Waals surface area (Å²) < 4.78 is 2.06. The normalized spacial score (nSPS) is 22.7. The predicted octanol–water partition coefficient (Wildman–Crippen LogP) is 4.85. The molecule has 0 bridgehead atoms. The van der Waals surface area contributed by atoms with Gasteiger partial charge in [-0.15, -0.1) is 0 Å². The van der Waals surface area contributed by atoms with Crippen LogP contribution in [0.4, 0.5) is 0 Å². The van der Waals surface area contributed by atoms with Crippen molar-refractivity contribution in [2.45, 2.75) is 57.4 Å². The van der Waals surface area contributed by atoms with Crippen molar-refractivity contribution < 1.29 is 0 Å². The first-order valence-corrected chi connectivity index (χ1v) is 9.87. The van der Waals surface area contributed by atoms with Crippen molar-refractivity contribution in [2.75, 3.05) is 0 Å². The third kappa shape index (κ3) is 3.74. The highest BCUT2D eigenvalue weighted by Crippen LogP contribution is 2.35. The largest absolute Gasteiger partial charge is 0.328 e. The van der Waals surface area contributed by atoms with Crippen LogP contribution < -0.4 is 5.73 Å². The highest BCUT2D eigenvalue weighted by molar-refractivity contribution is 5.68. The zero-order chi connectivity index (χ0) is 18.8. The van der Waals surface area contributed by atoms with Crippen LogP contribution in [0.2, 0.25) is 0 Å². The summed E-state index contributed by atoms with van der Waals surface area (Å²) in [4.78, 5) is 0. The van der Waals surface area contributed by atoms with Crippen LogP contribution in [0.3, 0.4) is 0 Å². The van der Waals surface area contributed by atoms with Crippen LogP contribution >= 0.6 is 0 Å². The van der Waals surface area contributed by atoms with E-state index >= 15 is 0 Å². The monoisotopic (exact) mass is 358 g/mol. The molecule has 4 nitrogen and oxygen atoms in total. The van der Waals surface area contributed by atoms with Gasteiger partial charge in [-0.1, -0.05) is 17.7 Å². The van der Waals surface area contributed by atoms with E-state index in [0.717, 1.165) is 44.2 Å². The third-order valence-corrected chi connectivity index (χ3v) is 5.85. The van der Waals surface area contributed by atoms with E-state index in [9.17, 15) is 0 Å². The molecular formula is C23H26N4. The van der Waals surface area contributed by atoms with Crippen molar-refractivity contribution in [1.82, 2.24) is 9.78 Å². The van der Waals surface area contributed by atoms with Crippen LogP contribution in [-0.2, 0) is 0 Å². The Labute approximate surface area is 161 Å². The maximum Gasteiger partial charge on any atom is 0.0991 e. The molecule has 1 aromatic carbocycles. The Kier molecular flexibility index (Phi) is 4.96. The number of nitrogens with zero attached hydrogens (tertiary/aromatic N) is 3. The molecular weight excluding hydrogens is 332 g/mol. The second-order valence-electron chi connectivity index (χ2n) is 7.84. The molecule has 0 saturated heterocycles. The lowest BCUT2D eigenvalue weighted by atomic mass is 9.84. The van der Waals surface area contributed by atoms with E-state index in [0.29, 0.717) is 17.5 Å². The molecule has 1 saturated carbocycles. The van der Waals surface area contributed by atoms with Gasteiger partial charge in [-0.05, 0) is 81.4 Å². The van der Waals surface area contributed by atoms with Gasteiger partial charge in [0.1, 0.15) is 0 Å². The fourth-order valence-corrected chi connectivity index (χ4v) is 4.07. The first kappa shape index (κ1) is 17.8. The Balaban J connectivity index is 1.74. The molecule has 138 valence electrons. The minimum absolute atomic E-state index is 0.343. The summed E-state index contributed by atoms with van der Waals surface area (Å²) in [5.41, 5.74) is 12.9. The standard InChI is InChI=1S/C23H26N4/c1-16-2-6-19(7-3-16)23-14-22(18-8-10-20(25)11-9-18)26-27(23)21-12-4-17(15-24)5-13-21/h2,4-6,12-14,18,20H,3,7-11,25H2,1H3. The molecule has 0 atom stereocenters. The van der Waals surface area contributed by atoms with Crippen LogP contribution in [0, 0.1) is 11.3 Å². The summed E-state index contributed by atoms with van der Waals surface area (Å²) in [5, 5.41) is 14.1. The second kappa shape index (κ2) is 7.54. The van der Waals surface area contributed by atoms with Crippen molar-refractivity contribution in [2.24, 2.45) is 5.73 Å². The molecule has 0 radical (unpaired) electrons. The van der Waals surface area contributed by atoms with Gasteiger partial charge < -0.3 is 5.73 Å². The van der Waals surface area contributed by atoms with Gasteiger partial charge in [-0.25, -0.2) is 4.68 Å². The topological polar surface area (TPSA) is 67.6 Å². The van der Waals surface area contributed by atoms with Crippen molar-refractivity contribution in [3.05, 3.63) is 65.0 Å². The smallest absolute Gasteiger partial charge is 0.0991 e. The summed E-state index contributed by atoms with van der Waals surface area (Å²) in [7, 11) is 0. The van der Waals surface area contributed by atoms with E-state index in [1.54, 1.807) is 0 Å². The van der Waals surface area contributed by atoms with Crippen LogP contribution in [0.15, 0.2) is 48.1 Å². The number of nitrogens with two attached hydrogens (primary N) is 1. The van der Waals surface area contributed by atoms with Crippen LogP contribution in [0.1, 0.15) is 68.3 Å². The molecule has 2 aliphatic rings. The number of benzene rings is 1. The lowest BCUT2D eigenvalue weighted by Gasteiger charge is -2.24. The summed E-state index contributed by atoms with van der Waals surface area (Å²) >= 11 is 0. The molecule has 1 heterocycles. The highest BCUT2D eigenvalue weighted by atomic mass is 15.3. The predicted molar refractivity (Wildman–Crippen MR) is 108 cm³/mol. The summed E-state index contributed by atoms with van der Waals surface area (Å²) in [6.07, 6.45) is 11.0. The number of hydrogen-bond acceptors (Lipinski definition) is 3. The Bertz CT molecular complexity index is 916. The highest BCUT2D eigenvalue weighted by Gasteiger charge is 2.24. The van der Waals surface area contributed by atoms with Crippen molar-refractivity contribution >= 4 is 5.57 Å². The van der Waals surface area contributed by atoms with Crippen molar-refractivity contribution in [3.63, 3.8) is 0 Å². The minimum Gasteiger partial charge on any atom is -0.328 e. The van der Waals surface area contributed by atoms with Gasteiger partial charge in [-0.2, -0.15) is 10.4 Å². The fraction of sp³-hybridized carbons (Fsp3) is 0.391. The van der Waals surface area contributed by atoms with Gasteiger partial charge >= 0.3 is 0 Å². The molecule has 0 amide bonds. The molecule has 27 heavy (non-hydrogen) atoms. The van der Waals surface area contributed by atoms with Crippen LogP contribution in [0.25, 0.3) is 11.3 Å². The average molecular weight is 358 g/mol. The number of hydrogen-bond donors (Lipinski definition) is 1. The lowest BCUT2D eigenvalue weighted by Crippen LogP contribution is -2.25. The lowest BCUT2D eigenvalue weighted by molar-refractivity contribution is 0.389. The van der Waals surface area contributed by atoms with Gasteiger partial charge in [0.05, 0.1) is 28.7 Å². The molecule has 2 N–H and O–H groups in total. The summed E-state index contributed by atoms with van der Waals surface area (Å²) in [5.74, 6) is 0.490. The molecule has 0 spiro atoms. The zero-order valence-electron chi connectivity index (χ0n) is 15.9. The Hall–Kier alpha value is -2.64. The van der Waals surface area contributed by atoms with E-state index in [2.05, 4.69) is 35.9 Å². The summed E-state index contributed by atoms with van der Waals surface area (Å²) in [6.45, 7) is 2.18. The maximum atomic E-state index is 9.08. The molecule has 1 fully saturated rings. The second-order valence-corrected chi connectivity index (χ2v) is 7.84. The Morgan fingerprint density at radius 2 is 1.81 bits per heavy atom. The van der Waals surface area contributed by atoms with Crippen LogP contribution in [-0.4, -0.2) is 15.8 Å². The van der Waals surface area contributed by atoms with Gasteiger partial charge in [0.15, 0.2) is 0 Å². The molecule has 2 aliphatic carbocycles. The number of allylic oxidation sites excluding steroid dienone is 4. The minimum atomic E-state index is 0.343. The summed E-state index contributed by atoms with van der Waals surface area (Å²) in [6, 6.07) is 12.5. The Morgan fingerprint density at radius 3 is 2.44 bits per heavy atom. The first-order chi connectivity index (χ1) is 13.1. The van der Waals surface area contributed by atoms with E-state index in [4.69, 9.17) is 16.1 Å². The number of rotatable bonds is 3. The van der Waals surface area contributed by atoms with Crippen molar-refractivity contribution in [3.8, 4) is 11.8 Å². The molecule has 1 aromatic heterocycles. The van der Waals surface area contributed by atoms with Gasteiger partial charge in [0, 0.05) is 12.0 Å². The number of aromatic nitrogens is 2. The quantitative estimate of drug-likeness (QED) is 0.852.